The van der Waals surface area contributed by atoms with E-state index < -0.39 is 0 Å². The number of rotatable bonds is 8. The summed E-state index contributed by atoms with van der Waals surface area (Å²) in [6, 6.07) is 18.1. The number of aliphatic hydroxyl groups excluding tert-OH is 1. The SMILES string of the molecule is CCCCc1nc(Cl)c(CO)n1Cc1cccc2ccc(-c3ccccc3-c3nn[nH]n3)nc12. The number of aromatic amines is 1. The Morgan fingerprint density at radius 2 is 1.85 bits per heavy atom. The lowest BCUT2D eigenvalue weighted by atomic mass is 10.0. The van der Waals surface area contributed by atoms with Crippen molar-refractivity contribution in [2.45, 2.75) is 39.3 Å². The molecule has 0 aliphatic rings. The second kappa shape index (κ2) is 9.70. The minimum atomic E-state index is -0.167. The van der Waals surface area contributed by atoms with Crippen molar-refractivity contribution in [2.75, 3.05) is 0 Å². The number of halogens is 1. The van der Waals surface area contributed by atoms with Crippen LogP contribution < -0.4 is 0 Å². The van der Waals surface area contributed by atoms with Crippen LogP contribution in [0.5, 0.6) is 0 Å². The quantitative estimate of drug-likeness (QED) is 0.335. The highest BCUT2D eigenvalue weighted by atomic mass is 35.5. The van der Waals surface area contributed by atoms with Crippen molar-refractivity contribution in [1.29, 1.82) is 0 Å². The van der Waals surface area contributed by atoms with Crippen LogP contribution in [0, 0.1) is 0 Å². The molecule has 0 atom stereocenters. The molecule has 3 heterocycles. The second-order valence-corrected chi connectivity index (χ2v) is 8.44. The highest BCUT2D eigenvalue weighted by Gasteiger charge is 2.17. The van der Waals surface area contributed by atoms with E-state index in [0.717, 1.165) is 58.4 Å². The van der Waals surface area contributed by atoms with Gasteiger partial charge in [0.15, 0.2) is 5.15 Å². The number of para-hydroxylation sites is 1. The van der Waals surface area contributed by atoms with Gasteiger partial charge >= 0.3 is 0 Å². The fourth-order valence-electron chi connectivity index (χ4n) is 4.20. The number of tetrazole rings is 1. The number of hydrogen-bond donors (Lipinski definition) is 2. The van der Waals surface area contributed by atoms with Gasteiger partial charge in [-0.2, -0.15) is 5.21 Å². The molecule has 0 saturated heterocycles. The van der Waals surface area contributed by atoms with Gasteiger partial charge < -0.3 is 9.67 Å². The van der Waals surface area contributed by atoms with Crippen LogP contribution in [0.2, 0.25) is 5.15 Å². The summed E-state index contributed by atoms with van der Waals surface area (Å²) in [7, 11) is 0. The minimum absolute atomic E-state index is 0.167. The summed E-state index contributed by atoms with van der Waals surface area (Å²) in [5.41, 5.74) is 5.13. The van der Waals surface area contributed by atoms with Gasteiger partial charge in [0, 0.05) is 22.9 Å². The number of imidazole rings is 1. The predicted molar refractivity (Wildman–Crippen MR) is 131 cm³/mol. The topological polar surface area (TPSA) is 105 Å². The molecule has 2 aromatic carbocycles. The largest absolute Gasteiger partial charge is 0.390 e. The number of unbranched alkanes of at least 4 members (excludes halogenated alkanes) is 1. The summed E-state index contributed by atoms with van der Waals surface area (Å²) in [4.78, 5) is 9.58. The molecular formula is C25H24ClN7O. The van der Waals surface area contributed by atoms with Gasteiger partial charge in [-0.1, -0.05) is 73.5 Å². The van der Waals surface area contributed by atoms with Crippen molar-refractivity contribution in [2.24, 2.45) is 0 Å². The lowest BCUT2D eigenvalue weighted by Gasteiger charge is -2.14. The number of nitrogens with one attached hydrogen (secondary N) is 1. The number of hydrogen-bond acceptors (Lipinski definition) is 6. The van der Waals surface area contributed by atoms with Crippen molar-refractivity contribution in [3.05, 3.63) is 76.8 Å². The van der Waals surface area contributed by atoms with Crippen LogP contribution in [-0.4, -0.2) is 40.3 Å². The van der Waals surface area contributed by atoms with Crippen LogP contribution in [0.15, 0.2) is 54.6 Å². The zero-order valence-electron chi connectivity index (χ0n) is 18.7. The summed E-state index contributed by atoms with van der Waals surface area (Å²) in [6.07, 6.45) is 2.86. The molecule has 0 saturated carbocycles. The Balaban J connectivity index is 1.60. The summed E-state index contributed by atoms with van der Waals surface area (Å²) < 4.78 is 2.02. The molecule has 0 unspecified atom stereocenters. The van der Waals surface area contributed by atoms with E-state index in [1.807, 2.05) is 47.0 Å². The maximum atomic E-state index is 9.96. The van der Waals surface area contributed by atoms with Gasteiger partial charge in [0.25, 0.3) is 0 Å². The maximum Gasteiger partial charge on any atom is 0.205 e. The second-order valence-electron chi connectivity index (χ2n) is 8.08. The molecule has 9 heteroatoms. The number of pyridine rings is 1. The molecule has 0 fully saturated rings. The normalized spacial score (nSPS) is 11.4. The number of aliphatic hydroxyl groups is 1. The fourth-order valence-corrected chi connectivity index (χ4v) is 4.46. The number of fused-ring (bicyclic) bond motifs is 1. The fraction of sp³-hybridized carbons (Fsp3) is 0.240. The monoisotopic (exact) mass is 473 g/mol. The van der Waals surface area contributed by atoms with Gasteiger partial charge in [0.2, 0.25) is 5.82 Å². The van der Waals surface area contributed by atoms with Crippen LogP contribution in [0.4, 0.5) is 0 Å². The van der Waals surface area contributed by atoms with Crippen molar-refractivity contribution < 1.29 is 5.11 Å². The molecule has 0 spiro atoms. The summed E-state index contributed by atoms with van der Waals surface area (Å²) in [5.74, 6) is 1.40. The van der Waals surface area contributed by atoms with Crippen molar-refractivity contribution >= 4 is 22.5 Å². The zero-order chi connectivity index (χ0) is 23.5. The Morgan fingerprint density at radius 3 is 2.62 bits per heavy atom. The number of H-pyrrole nitrogens is 1. The average molecular weight is 474 g/mol. The van der Waals surface area contributed by atoms with Gasteiger partial charge in [-0.15, -0.1) is 10.2 Å². The number of aromatic nitrogens is 7. The van der Waals surface area contributed by atoms with Crippen LogP contribution in [-0.2, 0) is 19.6 Å². The Kier molecular flexibility index (Phi) is 6.33. The first-order valence-corrected chi connectivity index (χ1v) is 11.6. The molecule has 0 radical (unpaired) electrons. The highest BCUT2D eigenvalue weighted by molar-refractivity contribution is 6.30. The smallest absolute Gasteiger partial charge is 0.205 e. The lowest BCUT2D eigenvalue weighted by molar-refractivity contribution is 0.271. The maximum absolute atomic E-state index is 9.96. The molecule has 0 aliphatic carbocycles. The van der Waals surface area contributed by atoms with Gasteiger partial charge in [-0.25, -0.2) is 9.97 Å². The third kappa shape index (κ3) is 4.18. The van der Waals surface area contributed by atoms with Crippen LogP contribution in [0.3, 0.4) is 0 Å². The Bertz CT molecular complexity index is 1430. The van der Waals surface area contributed by atoms with E-state index in [4.69, 9.17) is 16.6 Å². The van der Waals surface area contributed by atoms with Gasteiger partial charge in [0.05, 0.1) is 30.1 Å². The van der Waals surface area contributed by atoms with Crippen LogP contribution in [0.25, 0.3) is 33.5 Å². The Morgan fingerprint density at radius 1 is 1.00 bits per heavy atom. The number of aryl methyl sites for hydroxylation is 1. The molecule has 0 aliphatic heterocycles. The van der Waals surface area contributed by atoms with E-state index in [9.17, 15) is 5.11 Å². The van der Waals surface area contributed by atoms with E-state index in [1.165, 1.54) is 0 Å². The molecule has 3 aromatic heterocycles. The first-order chi connectivity index (χ1) is 16.7. The molecule has 172 valence electrons. The van der Waals surface area contributed by atoms with Gasteiger partial charge in [-0.3, -0.25) is 0 Å². The van der Waals surface area contributed by atoms with E-state index in [-0.39, 0.29) is 6.61 Å². The summed E-state index contributed by atoms with van der Waals surface area (Å²) >= 11 is 6.36. The molecule has 5 rings (SSSR count). The summed E-state index contributed by atoms with van der Waals surface area (Å²) in [6.45, 7) is 2.50. The predicted octanol–water partition coefficient (Wildman–Crippen LogP) is 4.82. The molecule has 34 heavy (non-hydrogen) atoms. The Labute approximate surface area is 201 Å². The molecular weight excluding hydrogens is 450 g/mol. The van der Waals surface area contributed by atoms with E-state index in [0.29, 0.717) is 23.2 Å². The third-order valence-corrected chi connectivity index (χ3v) is 6.23. The van der Waals surface area contributed by atoms with Crippen molar-refractivity contribution in [3.63, 3.8) is 0 Å². The molecule has 0 amide bonds. The molecule has 2 N–H and O–H groups in total. The molecule has 5 aromatic rings. The zero-order valence-corrected chi connectivity index (χ0v) is 19.5. The van der Waals surface area contributed by atoms with E-state index >= 15 is 0 Å². The van der Waals surface area contributed by atoms with Gasteiger partial charge in [-0.05, 0) is 23.3 Å². The summed E-state index contributed by atoms with van der Waals surface area (Å²) in [5, 5.41) is 25.8. The standard InChI is InChI=1S/C25H24ClN7O/c1-2-3-11-22-28-24(26)21(15-34)33(22)14-17-8-6-7-16-12-13-20(27-23(16)17)18-9-4-5-10-19(18)25-29-31-32-30-25/h4-10,12-13,34H,2-3,11,14-15H2,1H3,(H,29,30,31,32). The first-order valence-electron chi connectivity index (χ1n) is 11.3. The Hall–Kier alpha value is -3.62. The van der Waals surface area contributed by atoms with Crippen LogP contribution in [0.1, 0.15) is 36.8 Å². The third-order valence-electron chi connectivity index (χ3n) is 5.93. The van der Waals surface area contributed by atoms with Crippen LogP contribution >= 0.6 is 11.6 Å². The minimum Gasteiger partial charge on any atom is -0.390 e. The van der Waals surface area contributed by atoms with E-state index in [1.54, 1.807) is 0 Å². The van der Waals surface area contributed by atoms with Crippen molar-refractivity contribution in [3.8, 4) is 22.6 Å². The molecule has 0 bridgehead atoms. The first kappa shape index (κ1) is 22.2. The number of benzene rings is 2. The lowest BCUT2D eigenvalue weighted by Crippen LogP contribution is -2.10. The van der Waals surface area contributed by atoms with Crippen molar-refractivity contribution in [1.82, 2.24) is 35.2 Å². The van der Waals surface area contributed by atoms with Gasteiger partial charge in [0.1, 0.15) is 5.82 Å². The highest BCUT2D eigenvalue weighted by Crippen LogP contribution is 2.31. The molecule has 8 nitrogen and oxygen atoms in total. The average Bonchev–Trinajstić information content (AvgIpc) is 3.51. The van der Waals surface area contributed by atoms with E-state index in [2.05, 4.69) is 44.7 Å². The number of nitrogens with zero attached hydrogens (tertiary/aromatic N) is 6.